The first-order chi connectivity index (χ1) is 9.08. The Labute approximate surface area is 114 Å². The number of imidazole rings is 1. The number of aryl methyl sites for hydroxylation is 3. The Balaban J connectivity index is 1.78. The first kappa shape index (κ1) is 13.8. The largest absolute Gasteiger partial charge is 0.334 e. The predicted molar refractivity (Wildman–Crippen MR) is 76.2 cm³/mol. The van der Waals surface area contributed by atoms with Gasteiger partial charge in [0.25, 0.3) is 0 Å². The van der Waals surface area contributed by atoms with Gasteiger partial charge in [-0.05, 0) is 46.2 Å². The van der Waals surface area contributed by atoms with Gasteiger partial charge in [0.05, 0.1) is 5.69 Å². The third kappa shape index (κ3) is 3.44. The zero-order valence-electron chi connectivity index (χ0n) is 12.2. The van der Waals surface area contributed by atoms with Crippen LogP contribution >= 0.6 is 0 Å². The molecule has 2 aromatic heterocycles. The summed E-state index contributed by atoms with van der Waals surface area (Å²) in [6, 6.07) is 0.431. The van der Waals surface area contributed by atoms with Crippen molar-refractivity contribution in [2.45, 2.75) is 46.7 Å². The summed E-state index contributed by atoms with van der Waals surface area (Å²) in [6.45, 7) is 10.3. The van der Waals surface area contributed by atoms with E-state index in [-0.39, 0.29) is 0 Å². The highest BCUT2D eigenvalue weighted by Gasteiger charge is 2.08. The minimum atomic E-state index is 0.431. The molecule has 104 valence electrons. The Kier molecular flexibility index (Phi) is 4.37. The lowest BCUT2D eigenvalue weighted by Crippen LogP contribution is -2.32. The molecule has 0 aliphatic heterocycles. The molecule has 0 spiro atoms. The lowest BCUT2D eigenvalue weighted by atomic mass is 10.1. The summed E-state index contributed by atoms with van der Waals surface area (Å²) in [7, 11) is 0. The first-order valence-corrected chi connectivity index (χ1v) is 6.79. The molecule has 5 nitrogen and oxygen atoms in total. The summed E-state index contributed by atoms with van der Waals surface area (Å²) >= 11 is 0. The molecular weight excluding hydrogens is 238 g/mol. The minimum Gasteiger partial charge on any atom is -0.334 e. The molecular formula is C14H23N5. The summed E-state index contributed by atoms with van der Waals surface area (Å²) in [5.41, 5.74) is 3.62. The number of nitrogens with zero attached hydrogens (tertiary/aromatic N) is 3. The van der Waals surface area contributed by atoms with Crippen molar-refractivity contribution in [3.05, 3.63) is 35.2 Å². The molecule has 2 aromatic rings. The van der Waals surface area contributed by atoms with Crippen LogP contribution in [0.4, 0.5) is 0 Å². The van der Waals surface area contributed by atoms with Crippen LogP contribution in [0.25, 0.3) is 0 Å². The van der Waals surface area contributed by atoms with Crippen LogP contribution in [0.5, 0.6) is 0 Å². The molecule has 0 aliphatic rings. The second-order valence-electron chi connectivity index (χ2n) is 5.14. The standard InChI is InChI=1S/C14H23N5/c1-10(9-19-8-7-16-13(19)4)15-6-5-14-11(2)17-18-12(14)3/h7-8,10,15H,5-6,9H2,1-4H3,(H,17,18). The number of nitrogens with one attached hydrogen (secondary N) is 2. The van der Waals surface area contributed by atoms with Crippen LogP contribution in [-0.4, -0.2) is 32.3 Å². The molecule has 2 rings (SSSR count). The molecule has 2 N–H and O–H groups in total. The van der Waals surface area contributed by atoms with Crippen LogP contribution in [0.1, 0.15) is 29.7 Å². The van der Waals surface area contributed by atoms with Crippen LogP contribution in [0.2, 0.25) is 0 Å². The van der Waals surface area contributed by atoms with Crippen LogP contribution in [0.3, 0.4) is 0 Å². The van der Waals surface area contributed by atoms with E-state index < -0.39 is 0 Å². The summed E-state index contributed by atoms with van der Waals surface area (Å²) in [5, 5.41) is 10.8. The molecule has 19 heavy (non-hydrogen) atoms. The molecule has 0 bridgehead atoms. The van der Waals surface area contributed by atoms with Gasteiger partial charge in [0.1, 0.15) is 5.82 Å². The van der Waals surface area contributed by atoms with E-state index in [1.807, 2.05) is 19.3 Å². The fourth-order valence-corrected chi connectivity index (χ4v) is 2.34. The van der Waals surface area contributed by atoms with Crippen LogP contribution in [0, 0.1) is 20.8 Å². The van der Waals surface area contributed by atoms with E-state index in [0.717, 1.165) is 31.0 Å². The van der Waals surface area contributed by atoms with Gasteiger partial charge in [-0.15, -0.1) is 0 Å². The zero-order chi connectivity index (χ0) is 13.8. The molecule has 1 unspecified atom stereocenters. The van der Waals surface area contributed by atoms with E-state index in [1.54, 1.807) is 0 Å². The number of hydrogen-bond acceptors (Lipinski definition) is 3. The molecule has 2 heterocycles. The fourth-order valence-electron chi connectivity index (χ4n) is 2.34. The van der Waals surface area contributed by atoms with Crippen LogP contribution in [-0.2, 0) is 13.0 Å². The maximum atomic E-state index is 4.24. The Morgan fingerprint density at radius 1 is 1.37 bits per heavy atom. The maximum absolute atomic E-state index is 4.24. The van der Waals surface area contributed by atoms with Crippen molar-refractivity contribution in [1.82, 2.24) is 25.1 Å². The van der Waals surface area contributed by atoms with Crippen molar-refractivity contribution in [2.24, 2.45) is 0 Å². The average Bonchev–Trinajstić information content (AvgIpc) is 2.90. The smallest absolute Gasteiger partial charge is 0.105 e. The van der Waals surface area contributed by atoms with E-state index in [1.165, 1.54) is 11.3 Å². The molecule has 0 radical (unpaired) electrons. The van der Waals surface area contributed by atoms with Crippen molar-refractivity contribution < 1.29 is 0 Å². The molecule has 5 heteroatoms. The van der Waals surface area contributed by atoms with Crippen molar-refractivity contribution in [2.75, 3.05) is 6.54 Å². The number of H-pyrrole nitrogens is 1. The van der Waals surface area contributed by atoms with Gasteiger partial charge in [-0.2, -0.15) is 5.10 Å². The lowest BCUT2D eigenvalue weighted by Gasteiger charge is -2.15. The topological polar surface area (TPSA) is 58.5 Å². The second kappa shape index (κ2) is 6.02. The van der Waals surface area contributed by atoms with Gasteiger partial charge in [-0.3, -0.25) is 5.10 Å². The molecule has 0 aliphatic carbocycles. The van der Waals surface area contributed by atoms with E-state index in [0.29, 0.717) is 6.04 Å². The summed E-state index contributed by atoms with van der Waals surface area (Å²) < 4.78 is 2.17. The first-order valence-electron chi connectivity index (χ1n) is 6.79. The van der Waals surface area contributed by atoms with Crippen LogP contribution in [0.15, 0.2) is 12.4 Å². The summed E-state index contributed by atoms with van der Waals surface area (Å²) in [4.78, 5) is 4.24. The average molecular weight is 261 g/mol. The molecule has 0 saturated carbocycles. The van der Waals surface area contributed by atoms with Gasteiger partial charge >= 0.3 is 0 Å². The maximum Gasteiger partial charge on any atom is 0.105 e. The quantitative estimate of drug-likeness (QED) is 0.833. The van der Waals surface area contributed by atoms with E-state index in [2.05, 4.69) is 45.8 Å². The molecule has 0 saturated heterocycles. The third-order valence-electron chi connectivity index (χ3n) is 3.54. The van der Waals surface area contributed by atoms with Gasteiger partial charge in [0, 0.05) is 30.7 Å². The normalized spacial score (nSPS) is 12.8. The van der Waals surface area contributed by atoms with E-state index in [4.69, 9.17) is 0 Å². The highest BCUT2D eigenvalue weighted by Crippen LogP contribution is 2.09. The summed E-state index contributed by atoms with van der Waals surface area (Å²) in [6.07, 6.45) is 4.89. The Morgan fingerprint density at radius 2 is 2.16 bits per heavy atom. The lowest BCUT2D eigenvalue weighted by molar-refractivity contribution is 0.474. The third-order valence-corrected chi connectivity index (χ3v) is 3.54. The predicted octanol–water partition coefficient (Wildman–Crippen LogP) is 1.75. The van der Waals surface area contributed by atoms with Crippen LogP contribution < -0.4 is 5.32 Å². The highest BCUT2D eigenvalue weighted by molar-refractivity contribution is 5.23. The molecule has 0 aromatic carbocycles. The number of rotatable bonds is 6. The second-order valence-corrected chi connectivity index (χ2v) is 5.14. The minimum absolute atomic E-state index is 0.431. The molecule has 0 amide bonds. The highest BCUT2D eigenvalue weighted by atomic mass is 15.1. The van der Waals surface area contributed by atoms with E-state index >= 15 is 0 Å². The Bertz CT molecular complexity index is 506. The van der Waals surface area contributed by atoms with Crippen molar-refractivity contribution in [1.29, 1.82) is 0 Å². The van der Waals surface area contributed by atoms with Crippen molar-refractivity contribution >= 4 is 0 Å². The monoisotopic (exact) mass is 261 g/mol. The molecule has 0 fully saturated rings. The van der Waals surface area contributed by atoms with Crippen molar-refractivity contribution in [3.8, 4) is 0 Å². The number of hydrogen-bond donors (Lipinski definition) is 2. The Hall–Kier alpha value is -1.62. The van der Waals surface area contributed by atoms with Gasteiger partial charge < -0.3 is 9.88 Å². The zero-order valence-corrected chi connectivity index (χ0v) is 12.2. The van der Waals surface area contributed by atoms with Gasteiger partial charge in [0.2, 0.25) is 0 Å². The SMILES string of the molecule is Cc1n[nH]c(C)c1CCNC(C)Cn1ccnc1C. The van der Waals surface area contributed by atoms with Gasteiger partial charge in [0.15, 0.2) is 0 Å². The van der Waals surface area contributed by atoms with Crippen molar-refractivity contribution in [3.63, 3.8) is 0 Å². The van der Waals surface area contributed by atoms with Gasteiger partial charge in [-0.1, -0.05) is 0 Å². The van der Waals surface area contributed by atoms with E-state index in [9.17, 15) is 0 Å². The number of aromatic amines is 1. The molecule has 1 atom stereocenters. The Morgan fingerprint density at radius 3 is 2.74 bits per heavy atom. The number of aromatic nitrogens is 4. The van der Waals surface area contributed by atoms with Gasteiger partial charge in [-0.25, -0.2) is 4.98 Å². The fraction of sp³-hybridized carbons (Fsp3) is 0.571. The summed E-state index contributed by atoms with van der Waals surface area (Å²) in [5.74, 6) is 1.06.